The third-order valence-corrected chi connectivity index (χ3v) is 7.39. The predicted molar refractivity (Wildman–Crippen MR) is 99.5 cm³/mol. The minimum Gasteiger partial charge on any atom is -0.488 e. The van der Waals surface area contributed by atoms with Crippen molar-refractivity contribution in [2.45, 2.75) is 28.2 Å². The van der Waals surface area contributed by atoms with Crippen molar-refractivity contribution in [3.8, 4) is 5.75 Å². The number of sulfone groups is 1. The minimum atomic E-state index is -3.62. The van der Waals surface area contributed by atoms with Crippen LogP contribution in [0.25, 0.3) is 10.9 Å². The van der Waals surface area contributed by atoms with Gasteiger partial charge in [-0.2, -0.15) is 0 Å². The van der Waals surface area contributed by atoms with Gasteiger partial charge in [0.1, 0.15) is 11.9 Å². The number of aromatic nitrogens is 1. The summed E-state index contributed by atoms with van der Waals surface area (Å²) in [5.41, 5.74) is 2.04. The Morgan fingerprint density at radius 1 is 1.19 bits per heavy atom. The number of benzene rings is 2. The lowest BCUT2D eigenvalue weighted by molar-refractivity contribution is 0.176. The van der Waals surface area contributed by atoms with Crippen molar-refractivity contribution >= 4 is 20.7 Å². The molecule has 2 aliphatic heterocycles. The fraction of sp³-hybridized carbons (Fsp3) is 0.300. The maximum atomic E-state index is 13.3. The average Bonchev–Trinajstić information content (AvgIpc) is 3.21. The van der Waals surface area contributed by atoms with Gasteiger partial charge in [0, 0.05) is 42.2 Å². The first-order valence-electron chi connectivity index (χ1n) is 8.86. The molecule has 5 nitrogen and oxygen atoms in total. The Morgan fingerprint density at radius 3 is 2.96 bits per heavy atom. The molecule has 0 radical (unpaired) electrons. The van der Waals surface area contributed by atoms with Gasteiger partial charge in [-0.15, -0.1) is 0 Å². The zero-order valence-electron chi connectivity index (χ0n) is 14.5. The molecule has 0 bridgehead atoms. The Balaban J connectivity index is 1.61. The highest BCUT2D eigenvalue weighted by molar-refractivity contribution is 7.91. The molecule has 0 amide bonds. The van der Waals surface area contributed by atoms with Crippen molar-refractivity contribution < 1.29 is 13.2 Å². The molecule has 2 atom stereocenters. The van der Waals surface area contributed by atoms with E-state index >= 15 is 0 Å². The van der Waals surface area contributed by atoms with Gasteiger partial charge >= 0.3 is 0 Å². The van der Waals surface area contributed by atoms with Crippen LogP contribution in [0, 0.1) is 0 Å². The quantitative estimate of drug-likeness (QED) is 0.756. The second kappa shape index (κ2) is 5.59. The first-order valence-corrected chi connectivity index (χ1v) is 10.3. The van der Waals surface area contributed by atoms with Crippen LogP contribution in [0.2, 0.25) is 0 Å². The molecule has 0 saturated carbocycles. The SMILES string of the molecule is Cn1ccc2c(S(=O)(=O)c3ccc4c(c3)OC3CNCCC43)cccc21. The number of aryl methyl sites for hydroxylation is 1. The van der Waals surface area contributed by atoms with Crippen LogP contribution >= 0.6 is 0 Å². The topological polar surface area (TPSA) is 60.3 Å². The van der Waals surface area contributed by atoms with E-state index in [2.05, 4.69) is 5.32 Å². The number of rotatable bonds is 2. The van der Waals surface area contributed by atoms with Crippen LogP contribution in [0.4, 0.5) is 0 Å². The number of ether oxygens (including phenoxy) is 1. The molecule has 134 valence electrons. The summed E-state index contributed by atoms with van der Waals surface area (Å²) < 4.78 is 34.6. The molecular weight excluding hydrogens is 348 g/mol. The second-order valence-corrected chi connectivity index (χ2v) is 8.99. The zero-order valence-corrected chi connectivity index (χ0v) is 15.3. The van der Waals surface area contributed by atoms with E-state index in [1.807, 2.05) is 36.0 Å². The second-order valence-electron chi connectivity index (χ2n) is 7.07. The minimum absolute atomic E-state index is 0.106. The first-order chi connectivity index (χ1) is 12.6. The highest BCUT2D eigenvalue weighted by Crippen LogP contribution is 2.43. The van der Waals surface area contributed by atoms with Crippen LogP contribution in [0.15, 0.2) is 58.5 Å². The predicted octanol–water partition coefficient (Wildman–Crippen LogP) is 2.85. The molecule has 26 heavy (non-hydrogen) atoms. The summed E-state index contributed by atoms with van der Waals surface area (Å²) in [4.78, 5) is 0.631. The van der Waals surface area contributed by atoms with E-state index in [1.165, 1.54) is 0 Å². The monoisotopic (exact) mass is 368 g/mol. The van der Waals surface area contributed by atoms with Crippen molar-refractivity contribution in [2.75, 3.05) is 13.1 Å². The lowest BCUT2D eigenvalue weighted by Gasteiger charge is -2.24. The molecule has 1 aromatic heterocycles. The fourth-order valence-corrected chi connectivity index (χ4v) is 5.68. The molecule has 1 fully saturated rings. The van der Waals surface area contributed by atoms with Crippen LogP contribution in [-0.4, -0.2) is 32.2 Å². The standard InChI is InChI=1S/C20H20N2O3S/c1-22-10-8-16-17(22)3-2-4-20(16)26(23,24)13-5-6-14-15-7-9-21-12-19(15)25-18(14)11-13/h2-6,8,10-11,15,19,21H,7,9,12H2,1H3. The van der Waals surface area contributed by atoms with Crippen molar-refractivity contribution in [3.63, 3.8) is 0 Å². The van der Waals surface area contributed by atoms with Gasteiger partial charge in [0.15, 0.2) is 0 Å². The molecule has 5 rings (SSSR count). The van der Waals surface area contributed by atoms with Gasteiger partial charge in [-0.3, -0.25) is 0 Å². The molecule has 2 aromatic carbocycles. The van der Waals surface area contributed by atoms with Gasteiger partial charge in [0.2, 0.25) is 9.84 Å². The number of fused-ring (bicyclic) bond motifs is 4. The normalized spacial score (nSPS) is 22.0. The summed E-state index contributed by atoms with van der Waals surface area (Å²) in [6, 6.07) is 12.6. The van der Waals surface area contributed by atoms with E-state index in [4.69, 9.17) is 4.74 Å². The Labute approximate surface area is 152 Å². The summed E-state index contributed by atoms with van der Waals surface area (Å²) in [6.07, 6.45) is 3.01. The maximum Gasteiger partial charge on any atom is 0.207 e. The highest BCUT2D eigenvalue weighted by atomic mass is 32.2. The smallest absolute Gasteiger partial charge is 0.207 e. The van der Waals surface area contributed by atoms with E-state index in [1.54, 1.807) is 24.3 Å². The summed E-state index contributed by atoms with van der Waals surface area (Å²) in [5, 5.41) is 4.08. The molecular formula is C20H20N2O3S. The van der Waals surface area contributed by atoms with Crippen LogP contribution in [-0.2, 0) is 16.9 Å². The van der Waals surface area contributed by atoms with E-state index in [-0.39, 0.29) is 6.10 Å². The van der Waals surface area contributed by atoms with Gasteiger partial charge in [-0.05, 0) is 43.3 Å². The molecule has 0 aliphatic carbocycles. The Kier molecular flexibility index (Phi) is 3.42. The summed E-state index contributed by atoms with van der Waals surface area (Å²) >= 11 is 0. The summed E-state index contributed by atoms with van der Waals surface area (Å²) in [6.45, 7) is 1.78. The third kappa shape index (κ3) is 2.22. The Morgan fingerprint density at radius 2 is 2.08 bits per heavy atom. The molecule has 0 spiro atoms. The van der Waals surface area contributed by atoms with Gasteiger partial charge in [-0.1, -0.05) is 12.1 Å². The van der Waals surface area contributed by atoms with Gasteiger partial charge in [0.05, 0.1) is 9.79 Å². The van der Waals surface area contributed by atoms with Crippen LogP contribution < -0.4 is 10.1 Å². The summed E-state index contributed by atoms with van der Waals surface area (Å²) in [7, 11) is -1.70. The average molecular weight is 368 g/mol. The Bertz CT molecular complexity index is 1120. The lowest BCUT2D eigenvalue weighted by atomic mass is 9.90. The first kappa shape index (κ1) is 15.9. The molecule has 3 aromatic rings. The van der Waals surface area contributed by atoms with E-state index < -0.39 is 9.84 Å². The molecule has 2 unspecified atom stereocenters. The molecule has 6 heteroatoms. The third-order valence-electron chi connectivity index (χ3n) is 5.58. The lowest BCUT2D eigenvalue weighted by Crippen LogP contribution is -2.39. The number of hydrogen-bond donors (Lipinski definition) is 1. The number of hydrogen-bond acceptors (Lipinski definition) is 4. The zero-order chi connectivity index (χ0) is 17.9. The number of nitrogens with zero attached hydrogens (tertiary/aromatic N) is 1. The summed E-state index contributed by atoms with van der Waals surface area (Å²) in [5.74, 6) is 1.07. The van der Waals surface area contributed by atoms with Crippen LogP contribution in [0.3, 0.4) is 0 Å². The van der Waals surface area contributed by atoms with E-state index in [0.717, 1.165) is 36.0 Å². The van der Waals surface area contributed by atoms with Crippen molar-refractivity contribution in [1.82, 2.24) is 9.88 Å². The van der Waals surface area contributed by atoms with Gasteiger partial charge in [-0.25, -0.2) is 8.42 Å². The van der Waals surface area contributed by atoms with E-state index in [9.17, 15) is 8.42 Å². The molecule has 1 N–H and O–H groups in total. The van der Waals surface area contributed by atoms with Gasteiger partial charge < -0.3 is 14.6 Å². The van der Waals surface area contributed by atoms with Crippen LogP contribution in [0.5, 0.6) is 5.75 Å². The Hall–Kier alpha value is -2.31. The van der Waals surface area contributed by atoms with E-state index in [0.29, 0.717) is 21.5 Å². The molecule has 3 heterocycles. The maximum absolute atomic E-state index is 13.3. The number of nitrogens with one attached hydrogen (secondary N) is 1. The van der Waals surface area contributed by atoms with Crippen molar-refractivity contribution in [3.05, 3.63) is 54.2 Å². The van der Waals surface area contributed by atoms with Crippen molar-refractivity contribution in [2.24, 2.45) is 7.05 Å². The van der Waals surface area contributed by atoms with Crippen molar-refractivity contribution in [1.29, 1.82) is 0 Å². The molecule has 1 saturated heterocycles. The highest BCUT2D eigenvalue weighted by Gasteiger charge is 2.37. The number of piperidine rings is 1. The van der Waals surface area contributed by atoms with Crippen LogP contribution in [0.1, 0.15) is 17.9 Å². The van der Waals surface area contributed by atoms with Gasteiger partial charge in [0.25, 0.3) is 0 Å². The fourth-order valence-electron chi connectivity index (χ4n) is 4.20. The largest absolute Gasteiger partial charge is 0.488 e. The molecule has 2 aliphatic rings.